The van der Waals surface area contributed by atoms with Gasteiger partial charge in [-0.25, -0.2) is 0 Å². The Morgan fingerprint density at radius 2 is 2.11 bits per heavy atom. The molecule has 5 nitrogen and oxygen atoms in total. The van der Waals surface area contributed by atoms with Crippen molar-refractivity contribution in [2.45, 2.75) is 25.8 Å². The standard InChI is InChI=1S/C12H15BrN2O3/c1-8-6-10(13)11(7-12(8)15(16)17)14-9-2-4-18-5-3-9/h6-7,9,14H,2-5H2,1H3. The van der Waals surface area contributed by atoms with E-state index in [0.29, 0.717) is 11.6 Å². The summed E-state index contributed by atoms with van der Waals surface area (Å²) >= 11 is 3.44. The molecule has 18 heavy (non-hydrogen) atoms. The summed E-state index contributed by atoms with van der Waals surface area (Å²) in [4.78, 5) is 10.6. The van der Waals surface area contributed by atoms with Gasteiger partial charge in [0.25, 0.3) is 5.69 Å². The van der Waals surface area contributed by atoms with Crippen LogP contribution >= 0.6 is 15.9 Å². The second-order valence-corrected chi connectivity index (χ2v) is 5.26. The average Bonchev–Trinajstić information content (AvgIpc) is 2.33. The van der Waals surface area contributed by atoms with E-state index in [1.165, 1.54) is 0 Å². The van der Waals surface area contributed by atoms with E-state index in [1.54, 1.807) is 19.1 Å². The molecule has 0 aliphatic carbocycles. The molecule has 0 spiro atoms. The number of halogens is 1. The zero-order valence-corrected chi connectivity index (χ0v) is 11.7. The number of nitro benzene ring substituents is 1. The fraction of sp³-hybridized carbons (Fsp3) is 0.500. The minimum absolute atomic E-state index is 0.146. The van der Waals surface area contributed by atoms with E-state index in [-0.39, 0.29) is 10.6 Å². The Morgan fingerprint density at radius 3 is 2.72 bits per heavy atom. The molecule has 6 heteroatoms. The summed E-state index contributed by atoms with van der Waals surface area (Å²) in [6.07, 6.45) is 1.85. The molecule has 0 aromatic heterocycles. The second kappa shape index (κ2) is 5.67. The van der Waals surface area contributed by atoms with Gasteiger partial charge in [-0.15, -0.1) is 0 Å². The van der Waals surface area contributed by atoms with E-state index in [1.807, 2.05) is 0 Å². The van der Waals surface area contributed by atoms with Gasteiger partial charge in [0, 0.05) is 35.4 Å². The van der Waals surface area contributed by atoms with Crippen LogP contribution in [0.1, 0.15) is 18.4 Å². The molecule has 0 radical (unpaired) electrons. The molecule has 98 valence electrons. The topological polar surface area (TPSA) is 64.4 Å². The third kappa shape index (κ3) is 3.00. The van der Waals surface area contributed by atoms with Gasteiger partial charge in [-0.05, 0) is 41.8 Å². The minimum Gasteiger partial charge on any atom is -0.381 e. The van der Waals surface area contributed by atoms with Crippen molar-refractivity contribution in [2.75, 3.05) is 18.5 Å². The molecular weight excluding hydrogens is 300 g/mol. The van der Waals surface area contributed by atoms with E-state index in [0.717, 1.165) is 36.2 Å². The largest absolute Gasteiger partial charge is 0.381 e. The van der Waals surface area contributed by atoms with Crippen molar-refractivity contribution in [3.63, 3.8) is 0 Å². The normalized spacial score (nSPS) is 16.6. The maximum Gasteiger partial charge on any atom is 0.274 e. The first-order valence-corrected chi connectivity index (χ1v) is 6.66. The van der Waals surface area contributed by atoms with Crippen molar-refractivity contribution in [1.29, 1.82) is 0 Å². The van der Waals surface area contributed by atoms with E-state index < -0.39 is 0 Å². The van der Waals surface area contributed by atoms with Crippen LogP contribution in [0.25, 0.3) is 0 Å². The molecule has 1 N–H and O–H groups in total. The van der Waals surface area contributed by atoms with Crippen LogP contribution < -0.4 is 5.32 Å². The first-order valence-electron chi connectivity index (χ1n) is 5.86. The van der Waals surface area contributed by atoms with Crippen molar-refractivity contribution in [1.82, 2.24) is 0 Å². The number of ether oxygens (including phenoxy) is 1. The Balaban J connectivity index is 2.21. The predicted molar refractivity (Wildman–Crippen MR) is 73.0 cm³/mol. The number of rotatable bonds is 3. The lowest BCUT2D eigenvalue weighted by atomic mass is 10.1. The molecule has 0 atom stereocenters. The van der Waals surface area contributed by atoms with Gasteiger partial charge < -0.3 is 10.1 Å². The van der Waals surface area contributed by atoms with Crippen molar-refractivity contribution in [3.05, 3.63) is 32.3 Å². The zero-order valence-electron chi connectivity index (χ0n) is 10.1. The summed E-state index contributed by atoms with van der Waals surface area (Å²) in [5.74, 6) is 0. The van der Waals surface area contributed by atoms with Gasteiger partial charge >= 0.3 is 0 Å². The molecule has 1 aromatic carbocycles. The van der Waals surface area contributed by atoms with Gasteiger partial charge in [0.05, 0.1) is 10.6 Å². The molecule has 1 fully saturated rings. The molecule has 1 aliphatic heterocycles. The molecule has 0 unspecified atom stereocenters. The SMILES string of the molecule is Cc1cc(Br)c(NC2CCOCC2)cc1[N+](=O)[O-]. The maximum atomic E-state index is 10.9. The summed E-state index contributed by atoms with van der Waals surface area (Å²) in [6, 6.07) is 3.69. The van der Waals surface area contributed by atoms with Crippen molar-refractivity contribution in [3.8, 4) is 0 Å². The average molecular weight is 315 g/mol. The highest BCUT2D eigenvalue weighted by atomic mass is 79.9. The highest BCUT2D eigenvalue weighted by Crippen LogP contribution is 2.31. The Labute approximate surface area is 114 Å². The fourth-order valence-corrected chi connectivity index (χ4v) is 2.60. The third-order valence-electron chi connectivity index (χ3n) is 3.06. The van der Waals surface area contributed by atoms with Crippen LogP contribution in [0.15, 0.2) is 16.6 Å². The number of nitrogens with one attached hydrogen (secondary N) is 1. The van der Waals surface area contributed by atoms with Crippen LogP contribution in [-0.2, 0) is 4.74 Å². The smallest absolute Gasteiger partial charge is 0.274 e. The molecule has 0 bridgehead atoms. The fourth-order valence-electron chi connectivity index (χ4n) is 2.03. The number of hydrogen-bond acceptors (Lipinski definition) is 4. The number of anilines is 1. The van der Waals surface area contributed by atoms with Crippen molar-refractivity contribution in [2.24, 2.45) is 0 Å². The van der Waals surface area contributed by atoms with E-state index in [2.05, 4.69) is 21.2 Å². The molecule has 0 saturated carbocycles. The Bertz CT molecular complexity index is 459. The summed E-state index contributed by atoms with van der Waals surface area (Å²) in [5, 5.41) is 14.3. The summed E-state index contributed by atoms with van der Waals surface area (Å²) in [6.45, 7) is 3.22. The van der Waals surface area contributed by atoms with Crippen LogP contribution in [-0.4, -0.2) is 24.2 Å². The number of hydrogen-bond donors (Lipinski definition) is 1. The van der Waals surface area contributed by atoms with Gasteiger partial charge in [-0.1, -0.05) is 0 Å². The minimum atomic E-state index is -0.350. The van der Waals surface area contributed by atoms with Gasteiger partial charge in [0.1, 0.15) is 0 Å². The first kappa shape index (κ1) is 13.3. The lowest BCUT2D eigenvalue weighted by molar-refractivity contribution is -0.385. The van der Waals surface area contributed by atoms with Crippen molar-refractivity contribution < 1.29 is 9.66 Å². The highest BCUT2D eigenvalue weighted by molar-refractivity contribution is 9.10. The zero-order chi connectivity index (χ0) is 13.1. The molecular formula is C12H15BrN2O3. The van der Waals surface area contributed by atoms with Crippen molar-refractivity contribution >= 4 is 27.3 Å². The molecule has 1 heterocycles. The van der Waals surface area contributed by atoms with E-state index in [4.69, 9.17) is 4.74 Å². The number of aryl methyl sites for hydroxylation is 1. The van der Waals surface area contributed by atoms with Crippen LogP contribution in [0.3, 0.4) is 0 Å². The van der Waals surface area contributed by atoms with Crippen LogP contribution in [0.5, 0.6) is 0 Å². The van der Waals surface area contributed by atoms with Crippen LogP contribution in [0.4, 0.5) is 11.4 Å². The Kier molecular flexibility index (Phi) is 4.19. The monoisotopic (exact) mass is 314 g/mol. The van der Waals surface area contributed by atoms with Gasteiger partial charge in [-0.3, -0.25) is 10.1 Å². The molecule has 1 aromatic rings. The summed E-state index contributed by atoms with van der Waals surface area (Å²) in [7, 11) is 0. The van der Waals surface area contributed by atoms with E-state index >= 15 is 0 Å². The van der Waals surface area contributed by atoms with Gasteiger partial charge in [-0.2, -0.15) is 0 Å². The summed E-state index contributed by atoms with van der Waals surface area (Å²) < 4.78 is 6.15. The first-order chi connectivity index (χ1) is 8.58. The lowest BCUT2D eigenvalue weighted by Gasteiger charge is -2.24. The molecule has 1 saturated heterocycles. The van der Waals surface area contributed by atoms with E-state index in [9.17, 15) is 10.1 Å². The predicted octanol–water partition coefficient (Wildman–Crippen LogP) is 3.26. The highest BCUT2D eigenvalue weighted by Gasteiger charge is 2.18. The quantitative estimate of drug-likeness (QED) is 0.687. The third-order valence-corrected chi connectivity index (χ3v) is 3.72. The molecule has 1 aliphatic rings. The second-order valence-electron chi connectivity index (χ2n) is 4.41. The number of benzene rings is 1. The Morgan fingerprint density at radius 1 is 1.44 bits per heavy atom. The number of nitrogens with zero attached hydrogens (tertiary/aromatic N) is 1. The van der Waals surface area contributed by atoms with Gasteiger partial charge in [0.15, 0.2) is 0 Å². The maximum absolute atomic E-state index is 10.9. The molecule has 0 amide bonds. The van der Waals surface area contributed by atoms with Gasteiger partial charge in [0.2, 0.25) is 0 Å². The molecule has 2 rings (SSSR count). The summed E-state index contributed by atoms with van der Waals surface area (Å²) in [5.41, 5.74) is 1.58. The Hall–Kier alpha value is -1.14. The lowest BCUT2D eigenvalue weighted by Crippen LogP contribution is -2.28. The van der Waals surface area contributed by atoms with Crippen LogP contribution in [0.2, 0.25) is 0 Å². The number of nitro groups is 1. The van der Waals surface area contributed by atoms with Crippen LogP contribution in [0, 0.1) is 17.0 Å².